The molecule has 5 heteroatoms. The highest BCUT2D eigenvalue weighted by Crippen LogP contribution is 1.85. The van der Waals surface area contributed by atoms with Gasteiger partial charge < -0.3 is 15.4 Å². The Morgan fingerprint density at radius 3 is 2.67 bits per heavy atom. The van der Waals surface area contributed by atoms with Gasteiger partial charge in [-0.05, 0) is 13.3 Å². The van der Waals surface area contributed by atoms with Crippen molar-refractivity contribution < 1.29 is 14.3 Å². The second-order valence-electron chi connectivity index (χ2n) is 2.11. The molecule has 0 radical (unpaired) electrons. The highest BCUT2D eigenvalue weighted by Gasteiger charge is 2.08. The van der Waals surface area contributed by atoms with Gasteiger partial charge in [-0.1, -0.05) is 6.92 Å². The molecule has 0 aromatic carbocycles. The van der Waals surface area contributed by atoms with Crippen LogP contribution in [-0.4, -0.2) is 25.3 Å². The molecule has 0 bridgehead atoms. The van der Waals surface area contributed by atoms with Crippen molar-refractivity contribution in [1.82, 2.24) is 10.6 Å². The van der Waals surface area contributed by atoms with Crippen LogP contribution in [-0.2, 0) is 9.53 Å². The van der Waals surface area contributed by atoms with Crippen molar-refractivity contribution >= 4 is 12.5 Å². The van der Waals surface area contributed by atoms with Crippen molar-refractivity contribution in [2.24, 2.45) is 0 Å². The Balaban J connectivity index is 3.68. The molecule has 0 aliphatic carbocycles. The monoisotopic (exact) mass is 174 g/mol. The molecule has 5 nitrogen and oxygen atoms in total. The van der Waals surface area contributed by atoms with E-state index in [2.05, 4.69) is 15.4 Å². The average Bonchev–Trinajstić information content (AvgIpc) is 2.04. The van der Waals surface area contributed by atoms with E-state index in [-0.39, 0.29) is 6.17 Å². The van der Waals surface area contributed by atoms with Crippen molar-refractivity contribution in [3.8, 4) is 0 Å². The smallest absolute Gasteiger partial charge is 0.408 e. The first-order valence-corrected chi connectivity index (χ1v) is 3.87. The first-order chi connectivity index (χ1) is 5.74. The molecule has 0 saturated carbocycles. The number of amides is 2. The van der Waals surface area contributed by atoms with E-state index in [4.69, 9.17) is 0 Å². The maximum Gasteiger partial charge on any atom is 0.408 e. The van der Waals surface area contributed by atoms with Crippen molar-refractivity contribution in [3.05, 3.63) is 0 Å². The number of nitrogens with one attached hydrogen (secondary N) is 2. The fraction of sp³-hybridized carbons (Fsp3) is 0.714. The van der Waals surface area contributed by atoms with Crippen LogP contribution in [0.25, 0.3) is 0 Å². The fourth-order valence-electron chi connectivity index (χ4n) is 0.659. The van der Waals surface area contributed by atoms with E-state index in [1.165, 1.54) is 0 Å². The number of ether oxygens (including phenoxy) is 1. The molecule has 1 unspecified atom stereocenters. The topological polar surface area (TPSA) is 67.4 Å². The van der Waals surface area contributed by atoms with Crippen LogP contribution in [0.2, 0.25) is 0 Å². The van der Waals surface area contributed by atoms with E-state index in [0.29, 0.717) is 19.4 Å². The summed E-state index contributed by atoms with van der Waals surface area (Å²) in [7, 11) is 0. The zero-order valence-electron chi connectivity index (χ0n) is 7.29. The third kappa shape index (κ3) is 4.54. The lowest BCUT2D eigenvalue weighted by Gasteiger charge is -2.14. The molecule has 0 aromatic heterocycles. The fourth-order valence-corrected chi connectivity index (χ4v) is 0.659. The Kier molecular flexibility index (Phi) is 5.77. The van der Waals surface area contributed by atoms with Crippen LogP contribution in [0.1, 0.15) is 20.3 Å². The minimum atomic E-state index is -0.515. The molecule has 0 aliphatic rings. The maximum atomic E-state index is 10.8. The predicted octanol–water partition coefficient (Wildman–Crippen LogP) is 0.215. The van der Waals surface area contributed by atoms with Gasteiger partial charge >= 0.3 is 6.09 Å². The minimum absolute atomic E-state index is 0.323. The lowest BCUT2D eigenvalue weighted by atomic mass is 10.4. The molecule has 12 heavy (non-hydrogen) atoms. The third-order valence-electron chi connectivity index (χ3n) is 1.24. The zero-order chi connectivity index (χ0) is 9.40. The molecular formula is C7H14N2O3. The van der Waals surface area contributed by atoms with Crippen LogP contribution in [0.15, 0.2) is 0 Å². The van der Waals surface area contributed by atoms with Crippen molar-refractivity contribution in [2.45, 2.75) is 26.4 Å². The molecule has 0 saturated heterocycles. The molecule has 2 amide bonds. The average molecular weight is 174 g/mol. The summed E-state index contributed by atoms with van der Waals surface area (Å²) in [6.45, 7) is 3.88. The number of carbonyl (C=O) groups excluding carboxylic acids is 2. The minimum Gasteiger partial charge on any atom is -0.450 e. The summed E-state index contributed by atoms with van der Waals surface area (Å²) in [5.41, 5.74) is 0. The maximum absolute atomic E-state index is 10.8. The van der Waals surface area contributed by atoms with Gasteiger partial charge in [-0.15, -0.1) is 0 Å². The molecule has 0 heterocycles. The Labute approximate surface area is 71.5 Å². The second-order valence-corrected chi connectivity index (χ2v) is 2.11. The first kappa shape index (κ1) is 10.7. The zero-order valence-corrected chi connectivity index (χ0v) is 7.29. The lowest BCUT2D eigenvalue weighted by molar-refractivity contribution is -0.110. The molecule has 0 aromatic rings. The quantitative estimate of drug-likeness (QED) is 0.462. The van der Waals surface area contributed by atoms with Gasteiger partial charge in [0.1, 0.15) is 6.17 Å². The standard InChI is InChI=1S/C7H14N2O3/c1-3-6(8-5-10)9-7(11)12-4-2/h5-6H,3-4H2,1-2H3,(H,8,10)(H,9,11). The third-order valence-corrected chi connectivity index (χ3v) is 1.24. The van der Waals surface area contributed by atoms with E-state index >= 15 is 0 Å². The van der Waals surface area contributed by atoms with Gasteiger partial charge in [0.15, 0.2) is 0 Å². The summed E-state index contributed by atoms with van der Waals surface area (Å²) >= 11 is 0. The van der Waals surface area contributed by atoms with Gasteiger partial charge in [0.05, 0.1) is 6.61 Å². The molecule has 0 rings (SSSR count). The van der Waals surface area contributed by atoms with Gasteiger partial charge in [-0.2, -0.15) is 0 Å². The molecule has 1 atom stereocenters. The van der Waals surface area contributed by atoms with E-state index in [1.54, 1.807) is 6.92 Å². The van der Waals surface area contributed by atoms with Gasteiger partial charge in [-0.25, -0.2) is 4.79 Å². The van der Waals surface area contributed by atoms with Crippen molar-refractivity contribution in [3.63, 3.8) is 0 Å². The Hall–Kier alpha value is -1.26. The highest BCUT2D eigenvalue weighted by molar-refractivity contribution is 5.67. The van der Waals surface area contributed by atoms with E-state index in [9.17, 15) is 9.59 Å². The van der Waals surface area contributed by atoms with Crippen LogP contribution in [0.5, 0.6) is 0 Å². The Morgan fingerprint density at radius 1 is 1.58 bits per heavy atom. The summed E-state index contributed by atoms with van der Waals surface area (Å²) in [4.78, 5) is 20.8. The molecule has 0 aliphatic heterocycles. The van der Waals surface area contributed by atoms with Crippen molar-refractivity contribution in [2.75, 3.05) is 6.61 Å². The summed E-state index contributed by atoms with van der Waals surface area (Å²) in [6.07, 6.45) is 0.304. The van der Waals surface area contributed by atoms with Gasteiger partial charge in [-0.3, -0.25) is 4.79 Å². The Morgan fingerprint density at radius 2 is 2.25 bits per heavy atom. The van der Waals surface area contributed by atoms with E-state index in [1.807, 2.05) is 6.92 Å². The number of hydrogen-bond acceptors (Lipinski definition) is 3. The van der Waals surface area contributed by atoms with Crippen LogP contribution < -0.4 is 10.6 Å². The SMILES string of the molecule is CCOC(=O)NC(CC)NC=O. The first-order valence-electron chi connectivity index (χ1n) is 3.87. The summed E-state index contributed by atoms with van der Waals surface area (Å²) in [6, 6.07) is 0. The van der Waals surface area contributed by atoms with E-state index < -0.39 is 6.09 Å². The highest BCUT2D eigenvalue weighted by atomic mass is 16.5. The number of rotatable bonds is 5. The predicted molar refractivity (Wildman–Crippen MR) is 43.4 cm³/mol. The van der Waals surface area contributed by atoms with Gasteiger partial charge in [0.25, 0.3) is 0 Å². The summed E-state index contributed by atoms with van der Waals surface area (Å²) in [5, 5.41) is 4.89. The lowest BCUT2D eigenvalue weighted by Crippen LogP contribution is -2.44. The normalized spacial score (nSPS) is 11.5. The Bertz CT molecular complexity index is 150. The molecule has 2 N–H and O–H groups in total. The number of alkyl carbamates (subject to hydrolysis) is 1. The molecule has 70 valence electrons. The van der Waals surface area contributed by atoms with E-state index in [0.717, 1.165) is 0 Å². The number of hydrogen-bond donors (Lipinski definition) is 2. The van der Waals surface area contributed by atoms with Gasteiger partial charge in [0, 0.05) is 0 Å². The molecular weight excluding hydrogens is 160 g/mol. The van der Waals surface area contributed by atoms with Crippen LogP contribution in [0.3, 0.4) is 0 Å². The molecule has 0 fully saturated rings. The van der Waals surface area contributed by atoms with Crippen LogP contribution >= 0.6 is 0 Å². The van der Waals surface area contributed by atoms with Crippen LogP contribution in [0, 0.1) is 0 Å². The number of carbonyl (C=O) groups is 2. The molecule has 0 spiro atoms. The van der Waals surface area contributed by atoms with Crippen LogP contribution in [0.4, 0.5) is 4.79 Å². The summed E-state index contributed by atoms with van der Waals surface area (Å²) < 4.78 is 4.61. The van der Waals surface area contributed by atoms with Gasteiger partial charge in [0.2, 0.25) is 6.41 Å². The largest absolute Gasteiger partial charge is 0.450 e. The van der Waals surface area contributed by atoms with Crippen molar-refractivity contribution in [1.29, 1.82) is 0 Å². The summed E-state index contributed by atoms with van der Waals surface area (Å²) in [5.74, 6) is 0. The second kappa shape index (κ2) is 6.45.